The summed E-state index contributed by atoms with van der Waals surface area (Å²) in [7, 11) is 0. The Labute approximate surface area is 246 Å². The summed E-state index contributed by atoms with van der Waals surface area (Å²) in [6.45, 7) is 4.09. The smallest absolute Gasteiger partial charge is 0.248 e. The van der Waals surface area contributed by atoms with Crippen LogP contribution in [0.25, 0.3) is 0 Å². The molecular weight excluding hydrogens is 532 g/mol. The number of nitrogens with one attached hydrogen (secondary N) is 1. The molecule has 1 aliphatic rings. The van der Waals surface area contributed by atoms with Gasteiger partial charge in [0.25, 0.3) is 0 Å². The lowest BCUT2D eigenvalue weighted by molar-refractivity contribution is -0.120. The first-order valence-electron chi connectivity index (χ1n) is 14.6. The van der Waals surface area contributed by atoms with Gasteiger partial charge < -0.3 is 29.6 Å². The fourth-order valence-corrected chi connectivity index (χ4v) is 5.47. The van der Waals surface area contributed by atoms with Crippen LogP contribution in [-0.2, 0) is 17.9 Å². The standard InChI is InChI=1S/C33H40N4O5/c1-33(2,40)23-36-18-17-30(35-36)34-32(39)27(19-24-11-5-3-6-12-24)37-21-26(20-31(37)38)42-29-16-10-9-15-28(29)41-22-25-13-7-4-8-14-25/h4,7-10,13-18,20-21,24,27,38,40H,3,5-6,11-12,19,22-23H2,1-2H3,(H,34,35,39)/t27-/m0/s1. The minimum Gasteiger partial charge on any atom is -0.494 e. The number of para-hydroxylation sites is 2. The number of aromatic nitrogens is 3. The zero-order valence-corrected chi connectivity index (χ0v) is 24.3. The van der Waals surface area contributed by atoms with E-state index < -0.39 is 11.6 Å². The molecule has 2 heterocycles. The minimum atomic E-state index is -0.935. The predicted molar refractivity (Wildman–Crippen MR) is 161 cm³/mol. The topological polar surface area (TPSA) is 111 Å². The monoisotopic (exact) mass is 572 g/mol. The van der Waals surface area contributed by atoms with E-state index in [1.54, 1.807) is 41.6 Å². The van der Waals surface area contributed by atoms with Crippen molar-refractivity contribution in [1.82, 2.24) is 14.3 Å². The van der Waals surface area contributed by atoms with Gasteiger partial charge >= 0.3 is 0 Å². The van der Waals surface area contributed by atoms with Crippen LogP contribution in [0.1, 0.15) is 64.0 Å². The Kier molecular flexibility index (Phi) is 9.17. The number of nitrogens with zero attached hydrogens (tertiary/aromatic N) is 3. The Morgan fingerprint density at radius 1 is 1.05 bits per heavy atom. The third kappa shape index (κ3) is 7.94. The highest BCUT2D eigenvalue weighted by atomic mass is 16.5. The molecule has 9 nitrogen and oxygen atoms in total. The zero-order chi connectivity index (χ0) is 29.5. The number of anilines is 1. The summed E-state index contributed by atoms with van der Waals surface area (Å²) in [4.78, 5) is 13.7. The van der Waals surface area contributed by atoms with Crippen LogP contribution in [0, 0.1) is 5.92 Å². The second kappa shape index (κ2) is 13.2. The van der Waals surface area contributed by atoms with E-state index in [-0.39, 0.29) is 11.8 Å². The second-order valence-corrected chi connectivity index (χ2v) is 11.7. The van der Waals surface area contributed by atoms with Gasteiger partial charge in [-0.05, 0) is 43.9 Å². The summed E-state index contributed by atoms with van der Waals surface area (Å²) < 4.78 is 15.4. The molecule has 1 atom stereocenters. The van der Waals surface area contributed by atoms with Gasteiger partial charge in [0.05, 0.1) is 18.3 Å². The highest BCUT2D eigenvalue weighted by Gasteiger charge is 2.29. The normalized spacial score (nSPS) is 14.8. The van der Waals surface area contributed by atoms with E-state index in [0.717, 1.165) is 31.2 Å². The summed E-state index contributed by atoms with van der Waals surface area (Å²) in [5.74, 6) is 1.93. The molecule has 0 spiro atoms. The van der Waals surface area contributed by atoms with Crippen molar-refractivity contribution >= 4 is 11.7 Å². The molecular formula is C33H40N4O5. The first-order valence-corrected chi connectivity index (χ1v) is 14.6. The molecule has 0 radical (unpaired) electrons. The maximum atomic E-state index is 13.7. The molecule has 1 amide bonds. The van der Waals surface area contributed by atoms with Crippen LogP contribution >= 0.6 is 0 Å². The summed E-state index contributed by atoms with van der Waals surface area (Å²) >= 11 is 0. The zero-order valence-electron chi connectivity index (χ0n) is 24.3. The van der Waals surface area contributed by atoms with Crippen molar-refractivity contribution in [2.75, 3.05) is 5.32 Å². The number of amides is 1. The van der Waals surface area contributed by atoms with Crippen LogP contribution in [0.15, 0.2) is 79.1 Å². The van der Waals surface area contributed by atoms with Crippen molar-refractivity contribution in [3.8, 4) is 23.1 Å². The van der Waals surface area contributed by atoms with Gasteiger partial charge in [-0.2, -0.15) is 5.10 Å². The van der Waals surface area contributed by atoms with Gasteiger partial charge in [0.15, 0.2) is 23.2 Å². The molecule has 4 aromatic rings. The van der Waals surface area contributed by atoms with Gasteiger partial charge in [0.1, 0.15) is 18.4 Å². The molecule has 2 aromatic heterocycles. The Morgan fingerprint density at radius 2 is 1.76 bits per heavy atom. The Balaban J connectivity index is 1.34. The van der Waals surface area contributed by atoms with Gasteiger partial charge in [0.2, 0.25) is 5.91 Å². The largest absolute Gasteiger partial charge is 0.494 e. The van der Waals surface area contributed by atoms with E-state index >= 15 is 0 Å². The molecule has 1 fully saturated rings. The number of hydrogen-bond donors (Lipinski definition) is 3. The number of carbonyl (C=O) groups is 1. The van der Waals surface area contributed by atoms with Crippen molar-refractivity contribution in [3.05, 3.63) is 84.7 Å². The van der Waals surface area contributed by atoms with Gasteiger partial charge in [0, 0.05) is 18.3 Å². The number of carbonyl (C=O) groups excluding carboxylic acids is 1. The number of ether oxygens (including phenoxy) is 2. The SMILES string of the molecule is CC(C)(O)Cn1ccc(NC(=O)[C@H](CC2CCCCC2)n2cc(Oc3ccccc3OCc3ccccc3)cc2O)n1. The molecule has 0 unspecified atom stereocenters. The van der Waals surface area contributed by atoms with E-state index in [0.29, 0.717) is 48.6 Å². The molecule has 0 saturated heterocycles. The predicted octanol–water partition coefficient (Wildman–Crippen LogP) is 6.68. The van der Waals surface area contributed by atoms with Crippen molar-refractivity contribution in [1.29, 1.82) is 0 Å². The van der Waals surface area contributed by atoms with Crippen LogP contribution in [0.4, 0.5) is 5.82 Å². The number of hydrogen-bond acceptors (Lipinski definition) is 6. The molecule has 2 aromatic carbocycles. The molecule has 5 rings (SSSR count). The molecule has 0 bridgehead atoms. The molecule has 1 saturated carbocycles. The maximum Gasteiger partial charge on any atom is 0.248 e. The fourth-order valence-electron chi connectivity index (χ4n) is 5.47. The number of rotatable bonds is 12. The Bertz CT molecular complexity index is 1450. The highest BCUT2D eigenvalue weighted by Crippen LogP contribution is 2.38. The highest BCUT2D eigenvalue weighted by molar-refractivity contribution is 5.93. The lowest BCUT2D eigenvalue weighted by Crippen LogP contribution is -2.29. The van der Waals surface area contributed by atoms with Crippen molar-refractivity contribution in [3.63, 3.8) is 0 Å². The van der Waals surface area contributed by atoms with Crippen LogP contribution < -0.4 is 14.8 Å². The van der Waals surface area contributed by atoms with E-state index in [1.165, 1.54) is 12.5 Å². The molecule has 222 valence electrons. The van der Waals surface area contributed by atoms with Gasteiger partial charge in [-0.25, -0.2) is 0 Å². The fraction of sp³-hybridized carbons (Fsp3) is 0.394. The number of benzene rings is 2. The van der Waals surface area contributed by atoms with E-state index in [9.17, 15) is 15.0 Å². The third-order valence-electron chi connectivity index (χ3n) is 7.48. The first kappa shape index (κ1) is 29.3. The average molecular weight is 573 g/mol. The average Bonchev–Trinajstić information content (AvgIpc) is 3.56. The Morgan fingerprint density at radius 3 is 2.50 bits per heavy atom. The van der Waals surface area contributed by atoms with Crippen LogP contribution in [-0.4, -0.2) is 36.1 Å². The summed E-state index contributed by atoms with van der Waals surface area (Å²) in [5, 5.41) is 28.4. The van der Waals surface area contributed by atoms with Gasteiger partial charge in [-0.3, -0.25) is 9.48 Å². The van der Waals surface area contributed by atoms with Gasteiger partial charge in [-0.1, -0.05) is 74.6 Å². The van der Waals surface area contributed by atoms with Crippen LogP contribution in [0.2, 0.25) is 0 Å². The van der Waals surface area contributed by atoms with Crippen LogP contribution in [0.5, 0.6) is 23.1 Å². The molecule has 42 heavy (non-hydrogen) atoms. The van der Waals surface area contributed by atoms with E-state index in [1.807, 2.05) is 54.6 Å². The first-order chi connectivity index (χ1) is 20.2. The molecule has 3 N–H and O–H groups in total. The second-order valence-electron chi connectivity index (χ2n) is 11.7. The third-order valence-corrected chi connectivity index (χ3v) is 7.48. The maximum absolute atomic E-state index is 13.7. The van der Waals surface area contributed by atoms with Crippen LogP contribution in [0.3, 0.4) is 0 Å². The minimum absolute atomic E-state index is 0.0591. The lowest BCUT2D eigenvalue weighted by atomic mass is 9.84. The molecule has 1 aliphatic carbocycles. The molecule has 0 aliphatic heterocycles. The summed E-state index contributed by atoms with van der Waals surface area (Å²) in [6, 6.07) is 19.8. The summed E-state index contributed by atoms with van der Waals surface area (Å²) in [6.07, 6.45) is 9.60. The van der Waals surface area contributed by atoms with Crippen molar-refractivity contribution in [2.45, 2.75) is 77.2 Å². The quantitative estimate of drug-likeness (QED) is 0.175. The molecule has 9 heteroatoms. The van der Waals surface area contributed by atoms with E-state index in [2.05, 4.69) is 10.4 Å². The Hall–Kier alpha value is -4.24. The summed E-state index contributed by atoms with van der Waals surface area (Å²) in [5.41, 5.74) is 0.104. The van der Waals surface area contributed by atoms with Crippen molar-refractivity contribution < 1.29 is 24.5 Å². The number of aliphatic hydroxyl groups is 1. The number of aromatic hydroxyl groups is 1. The van der Waals surface area contributed by atoms with E-state index in [4.69, 9.17) is 9.47 Å². The lowest BCUT2D eigenvalue weighted by Gasteiger charge is -2.27. The van der Waals surface area contributed by atoms with Crippen molar-refractivity contribution in [2.24, 2.45) is 5.92 Å². The van der Waals surface area contributed by atoms with Gasteiger partial charge in [-0.15, -0.1) is 0 Å².